The maximum Gasteiger partial charge on any atom is 0.117 e. The molecule has 0 spiro atoms. The van der Waals surface area contributed by atoms with Crippen LogP contribution in [0.5, 0.6) is 0 Å². The highest BCUT2D eigenvalue weighted by Crippen LogP contribution is 2.04. The molecule has 16 heavy (non-hydrogen) atoms. The number of nitrogens with one attached hydrogen (secondary N) is 1. The number of furan rings is 1. The highest BCUT2D eigenvalue weighted by atomic mass is 16.3. The summed E-state index contributed by atoms with van der Waals surface area (Å²) in [5, 5.41) is 12.0. The molecular weight excluding hydrogens is 200 g/mol. The second-order valence-electron chi connectivity index (χ2n) is 3.50. The summed E-state index contributed by atoms with van der Waals surface area (Å²) in [6.07, 6.45) is 1.66. The minimum absolute atomic E-state index is 0.692. The van der Waals surface area contributed by atoms with E-state index in [4.69, 9.17) is 9.68 Å². The van der Waals surface area contributed by atoms with E-state index in [0.717, 1.165) is 17.9 Å². The van der Waals surface area contributed by atoms with Crippen LogP contribution in [0.2, 0.25) is 0 Å². The largest absolute Gasteiger partial charge is 0.468 e. The van der Waals surface area contributed by atoms with Crippen molar-refractivity contribution in [1.82, 2.24) is 5.32 Å². The Morgan fingerprint density at radius 3 is 2.88 bits per heavy atom. The van der Waals surface area contributed by atoms with Crippen LogP contribution in [0.3, 0.4) is 0 Å². The zero-order chi connectivity index (χ0) is 11.2. The maximum absolute atomic E-state index is 8.75. The van der Waals surface area contributed by atoms with Crippen molar-refractivity contribution in [2.24, 2.45) is 0 Å². The monoisotopic (exact) mass is 212 g/mol. The first kappa shape index (κ1) is 10.5. The number of rotatable bonds is 4. The number of hydrogen-bond donors (Lipinski definition) is 1. The minimum atomic E-state index is 0.692. The Bertz CT molecular complexity index is 483. The normalized spacial score (nSPS) is 9.94. The fourth-order valence-corrected chi connectivity index (χ4v) is 1.49. The summed E-state index contributed by atoms with van der Waals surface area (Å²) in [7, 11) is 0. The molecule has 0 aliphatic rings. The molecule has 0 saturated carbocycles. The van der Waals surface area contributed by atoms with E-state index in [9.17, 15) is 0 Å². The second-order valence-corrected chi connectivity index (χ2v) is 3.50. The Labute approximate surface area is 94.3 Å². The summed E-state index contributed by atoms with van der Waals surface area (Å²) in [4.78, 5) is 0. The molecule has 0 unspecified atom stereocenters. The van der Waals surface area contributed by atoms with Gasteiger partial charge >= 0.3 is 0 Å². The van der Waals surface area contributed by atoms with Gasteiger partial charge in [-0.2, -0.15) is 5.26 Å². The maximum atomic E-state index is 8.75. The van der Waals surface area contributed by atoms with Crippen molar-refractivity contribution in [2.45, 2.75) is 13.1 Å². The molecule has 1 aromatic carbocycles. The van der Waals surface area contributed by atoms with Crippen molar-refractivity contribution in [3.63, 3.8) is 0 Å². The van der Waals surface area contributed by atoms with Crippen LogP contribution in [0.4, 0.5) is 0 Å². The first-order chi connectivity index (χ1) is 7.88. The second kappa shape index (κ2) is 5.15. The zero-order valence-corrected chi connectivity index (χ0v) is 8.81. The first-order valence-corrected chi connectivity index (χ1v) is 5.10. The average molecular weight is 212 g/mol. The van der Waals surface area contributed by atoms with Crippen LogP contribution in [0.25, 0.3) is 0 Å². The van der Waals surface area contributed by atoms with Gasteiger partial charge in [0.25, 0.3) is 0 Å². The van der Waals surface area contributed by atoms with Gasteiger partial charge in [0, 0.05) is 6.54 Å². The van der Waals surface area contributed by atoms with Crippen molar-refractivity contribution < 1.29 is 4.42 Å². The number of nitrogens with zero attached hydrogens (tertiary/aromatic N) is 1. The number of hydrogen-bond acceptors (Lipinski definition) is 3. The van der Waals surface area contributed by atoms with E-state index in [1.165, 1.54) is 0 Å². The van der Waals surface area contributed by atoms with Gasteiger partial charge in [-0.25, -0.2) is 0 Å². The molecule has 2 rings (SSSR count). The van der Waals surface area contributed by atoms with Gasteiger partial charge in [0.1, 0.15) is 5.76 Å². The summed E-state index contributed by atoms with van der Waals surface area (Å²) in [5.41, 5.74) is 1.79. The van der Waals surface area contributed by atoms with E-state index < -0.39 is 0 Å². The van der Waals surface area contributed by atoms with E-state index >= 15 is 0 Å². The Hall–Kier alpha value is -2.05. The number of benzene rings is 1. The van der Waals surface area contributed by atoms with Crippen LogP contribution < -0.4 is 5.32 Å². The van der Waals surface area contributed by atoms with Crippen LogP contribution in [-0.4, -0.2) is 0 Å². The molecule has 0 aliphatic carbocycles. The van der Waals surface area contributed by atoms with Gasteiger partial charge in [-0.05, 0) is 29.8 Å². The Balaban J connectivity index is 1.88. The lowest BCUT2D eigenvalue weighted by atomic mass is 10.1. The molecule has 0 bridgehead atoms. The fraction of sp³-hybridized carbons (Fsp3) is 0.154. The highest BCUT2D eigenvalue weighted by molar-refractivity contribution is 5.32. The summed E-state index contributed by atoms with van der Waals surface area (Å²) in [6.45, 7) is 1.43. The van der Waals surface area contributed by atoms with Gasteiger partial charge < -0.3 is 9.73 Å². The average Bonchev–Trinajstić information content (AvgIpc) is 2.82. The molecule has 0 aliphatic heterocycles. The minimum Gasteiger partial charge on any atom is -0.468 e. The number of nitriles is 1. The predicted octanol–water partition coefficient (Wildman–Crippen LogP) is 2.44. The highest BCUT2D eigenvalue weighted by Gasteiger charge is 1.97. The lowest BCUT2D eigenvalue weighted by molar-refractivity contribution is 0.483. The molecule has 1 N–H and O–H groups in total. The van der Waals surface area contributed by atoms with Crippen LogP contribution in [0, 0.1) is 11.3 Å². The molecule has 0 atom stereocenters. The van der Waals surface area contributed by atoms with E-state index in [1.54, 1.807) is 12.3 Å². The van der Waals surface area contributed by atoms with E-state index in [2.05, 4.69) is 11.4 Å². The van der Waals surface area contributed by atoms with Crippen LogP contribution in [0.15, 0.2) is 47.1 Å². The molecule has 0 saturated heterocycles. The first-order valence-electron chi connectivity index (χ1n) is 5.10. The Morgan fingerprint density at radius 1 is 1.19 bits per heavy atom. The SMILES string of the molecule is N#Cc1cccc(CNCc2ccco2)c1. The van der Waals surface area contributed by atoms with E-state index in [-0.39, 0.29) is 0 Å². The standard InChI is InChI=1S/C13H12N2O/c14-8-11-3-1-4-12(7-11)9-15-10-13-5-2-6-16-13/h1-7,15H,9-10H2. The van der Waals surface area contributed by atoms with Gasteiger partial charge in [0.15, 0.2) is 0 Å². The lowest BCUT2D eigenvalue weighted by Gasteiger charge is -2.03. The smallest absolute Gasteiger partial charge is 0.117 e. The van der Waals surface area contributed by atoms with E-state index in [0.29, 0.717) is 12.1 Å². The summed E-state index contributed by atoms with van der Waals surface area (Å²) >= 11 is 0. The van der Waals surface area contributed by atoms with Gasteiger partial charge in [-0.1, -0.05) is 12.1 Å². The molecule has 3 nitrogen and oxygen atoms in total. The van der Waals surface area contributed by atoms with Crippen molar-refractivity contribution in [2.75, 3.05) is 0 Å². The van der Waals surface area contributed by atoms with Gasteiger partial charge in [0.2, 0.25) is 0 Å². The quantitative estimate of drug-likeness (QED) is 0.846. The van der Waals surface area contributed by atoms with Crippen LogP contribution in [-0.2, 0) is 13.1 Å². The van der Waals surface area contributed by atoms with Crippen LogP contribution >= 0.6 is 0 Å². The molecule has 0 radical (unpaired) electrons. The molecule has 0 amide bonds. The summed E-state index contributed by atoms with van der Waals surface area (Å²) in [5.74, 6) is 0.913. The molecule has 3 heteroatoms. The van der Waals surface area contributed by atoms with Gasteiger partial charge in [0.05, 0.1) is 24.4 Å². The van der Waals surface area contributed by atoms with Crippen molar-refractivity contribution >= 4 is 0 Å². The molecule has 1 heterocycles. The Morgan fingerprint density at radius 2 is 2.12 bits per heavy atom. The topological polar surface area (TPSA) is 49.0 Å². The predicted molar refractivity (Wildman–Crippen MR) is 60.4 cm³/mol. The molecule has 80 valence electrons. The van der Waals surface area contributed by atoms with Gasteiger partial charge in [-0.3, -0.25) is 0 Å². The van der Waals surface area contributed by atoms with Crippen molar-refractivity contribution in [1.29, 1.82) is 5.26 Å². The fourth-order valence-electron chi connectivity index (χ4n) is 1.49. The summed E-state index contributed by atoms with van der Waals surface area (Å²) in [6, 6.07) is 13.5. The van der Waals surface area contributed by atoms with Gasteiger partial charge in [-0.15, -0.1) is 0 Å². The third-order valence-electron chi connectivity index (χ3n) is 2.26. The molecular formula is C13H12N2O. The lowest BCUT2D eigenvalue weighted by Crippen LogP contribution is -2.12. The van der Waals surface area contributed by atoms with Crippen molar-refractivity contribution in [3.05, 3.63) is 59.5 Å². The zero-order valence-electron chi connectivity index (χ0n) is 8.81. The Kier molecular flexibility index (Phi) is 3.37. The third kappa shape index (κ3) is 2.72. The third-order valence-corrected chi connectivity index (χ3v) is 2.26. The van der Waals surface area contributed by atoms with Crippen molar-refractivity contribution in [3.8, 4) is 6.07 Å². The summed E-state index contributed by atoms with van der Waals surface area (Å²) < 4.78 is 5.20. The molecule has 1 aromatic heterocycles. The molecule has 0 fully saturated rings. The van der Waals surface area contributed by atoms with E-state index in [1.807, 2.05) is 30.3 Å². The van der Waals surface area contributed by atoms with Crippen LogP contribution in [0.1, 0.15) is 16.9 Å². The molecule has 2 aromatic rings.